The van der Waals surface area contributed by atoms with Crippen molar-refractivity contribution in [2.45, 2.75) is 6.92 Å². The number of hydrazone groups is 1. The van der Waals surface area contributed by atoms with Gasteiger partial charge in [-0.3, -0.25) is 5.43 Å². The first-order valence-corrected chi connectivity index (χ1v) is 13.0. The molecule has 1 N–H and O–H groups in total. The van der Waals surface area contributed by atoms with Gasteiger partial charge in [-0.1, -0.05) is 24.3 Å². The number of hydrogen-bond donors (Lipinski definition) is 1. The van der Waals surface area contributed by atoms with E-state index >= 15 is 0 Å². The van der Waals surface area contributed by atoms with Crippen LogP contribution in [0.5, 0.6) is 11.5 Å². The summed E-state index contributed by atoms with van der Waals surface area (Å²) in [6, 6.07) is 17.7. The van der Waals surface area contributed by atoms with Gasteiger partial charge in [0, 0.05) is 32.2 Å². The molecule has 2 aliphatic heterocycles. The van der Waals surface area contributed by atoms with Gasteiger partial charge in [0.05, 0.1) is 32.6 Å². The van der Waals surface area contributed by atoms with Crippen LogP contribution >= 0.6 is 0 Å². The van der Waals surface area contributed by atoms with E-state index in [1.54, 1.807) is 6.21 Å². The second-order valence-electron chi connectivity index (χ2n) is 9.07. The molecule has 200 valence electrons. The molecule has 1 aromatic heterocycles. The van der Waals surface area contributed by atoms with E-state index in [2.05, 4.69) is 20.3 Å². The summed E-state index contributed by atoms with van der Waals surface area (Å²) in [6.45, 7) is 8.79. The van der Waals surface area contributed by atoms with Crippen LogP contribution in [-0.2, 0) is 9.47 Å². The van der Waals surface area contributed by atoms with Crippen molar-refractivity contribution >= 4 is 23.8 Å². The Balaban J connectivity index is 1.20. The number of ether oxygens (including phenoxy) is 4. The second-order valence-corrected chi connectivity index (χ2v) is 9.07. The molecule has 3 aromatic rings. The predicted molar refractivity (Wildman–Crippen MR) is 148 cm³/mol. The van der Waals surface area contributed by atoms with Crippen LogP contribution < -0.4 is 24.7 Å². The molecule has 10 heteroatoms. The summed E-state index contributed by atoms with van der Waals surface area (Å²) in [6.07, 6.45) is 1.75. The van der Waals surface area contributed by atoms with Crippen molar-refractivity contribution in [2.24, 2.45) is 5.10 Å². The van der Waals surface area contributed by atoms with Gasteiger partial charge in [0.2, 0.25) is 5.95 Å². The lowest BCUT2D eigenvalue weighted by molar-refractivity contribution is 0.121. The zero-order chi connectivity index (χ0) is 26.0. The number of morpholine rings is 2. The lowest BCUT2D eigenvalue weighted by Crippen LogP contribution is -2.39. The highest BCUT2D eigenvalue weighted by atomic mass is 16.5. The molecule has 2 aromatic carbocycles. The molecule has 0 aliphatic carbocycles. The monoisotopic (exact) mass is 518 g/mol. The van der Waals surface area contributed by atoms with Crippen molar-refractivity contribution in [2.75, 3.05) is 81.0 Å². The van der Waals surface area contributed by atoms with Gasteiger partial charge >= 0.3 is 0 Å². The fourth-order valence-corrected chi connectivity index (χ4v) is 4.22. The van der Waals surface area contributed by atoms with Crippen molar-refractivity contribution in [1.29, 1.82) is 0 Å². The summed E-state index contributed by atoms with van der Waals surface area (Å²) < 4.78 is 22.6. The molecule has 5 rings (SSSR count). The zero-order valence-corrected chi connectivity index (χ0v) is 21.7. The maximum absolute atomic E-state index is 5.87. The van der Waals surface area contributed by atoms with E-state index in [1.165, 1.54) is 5.56 Å². The Kier molecular flexibility index (Phi) is 8.85. The number of hydrogen-bond acceptors (Lipinski definition) is 10. The van der Waals surface area contributed by atoms with Gasteiger partial charge in [0.25, 0.3) is 0 Å². The summed E-state index contributed by atoms with van der Waals surface area (Å²) in [4.78, 5) is 13.9. The van der Waals surface area contributed by atoms with Crippen molar-refractivity contribution in [3.8, 4) is 11.5 Å². The normalized spacial score (nSPS) is 16.0. The molecule has 2 fully saturated rings. The standard InChI is InChI=1S/C28H34N6O4/c1-22-4-2-6-24(18-22)37-16-17-38-25-7-3-5-23(19-25)21-29-32-26-20-27(33-8-12-35-13-9-33)31-28(30-26)34-10-14-36-15-11-34/h2-7,18-21H,8-17H2,1H3,(H,30,31,32)/b29-21+. The molecule has 0 amide bonds. The molecule has 3 heterocycles. The van der Waals surface area contributed by atoms with Gasteiger partial charge in [-0.05, 0) is 42.3 Å². The number of nitrogens with one attached hydrogen (secondary N) is 1. The number of aromatic nitrogens is 2. The molecule has 2 aliphatic rings. The summed E-state index contributed by atoms with van der Waals surface area (Å²) in [5.74, 6) is 3.79. The minimum atomic E-state index is 0.447. The van der Waals surface area contributed by atoms with E-state index in [9.17, 15) is 0 Å². The van der Waals surface area contributed by atoms with Gasteiger partial charge in [-0.15, -0.1) is 0 Å². The predicted octanol–water partition coefficient (Wildman–Crippen LogP) is 3.36. The number of anilines is 3. The maximum Gasteiger partial charge on any atom is 0.229 e. The molecule has 0 unspecified atom stereocenters. The van der Waals surface area contributed by atoms with Crippen LogP contribution in [0.3, 0.4) is 0 Å². The van der Waals surface area contributed by atoms with Gasteiger partial charge < -0.3 is 28.7 Å². The van der Waals surface area contributed by atoms with Gasteiger partial charge in [0.1, 0.15) is 30.5 Å². The minimum Gasteiger partial charge on any atom is -0.490 e. The van der Waals surface area contributed by atoms with Crippen molar-refractivity contribution in [3.05, 3.63) is 65.7 Å². The van der Waals surface area contributed by atoms with Crippen LogP contribution in [-0.4, -0.2) is 82.0 Å². The topological polar surface area (TPSA) is 93.6 Å². The van der Waals surface area contributed by atoms with Crippen LogP contribution in [0.4, 0.5) is 17.6 Å². The van der Waals surface area contributed by atoms with E-state index in [-0.39, 0.29) is 0 Å². The van der Waals surface area contributed by atoms with E-state index in [4.69, 9.17) is 28.9 Å². The highest BCUT2D eigenvalue weighted by Crippen LogP contribution is 2.22. The SMILES string of the molecule is Cc1cccc(OCCOc2cccc(/C=N/Nc3cc(N4CCOCC4)nc(N4CCOCC4)n3)c2)c1. The van der Waals surface area contributed by atoms with Crippen LogP contribution in [0.25, 0.3) is 0 Å². The molecule has 0 radical (unpaired) electrons. The summed E-state index contributed by atoms with van der Waals surface area (Å²) >= 11 is 0. The Morgan fingerprint density at radius 3 is 2.21 bits per heavy atom. The Morgan fingerprint density at radius 2 is 1.50 bits per heavy atom. The third-order valence-corrected chi connectivity index (χ3v) is 6.19. The van der Waals surface area contributed by atoms with E-state index in [1.807, 2.05) is 61.5 Å². The first-order valence-electron chi connectivity index (χ1n) is 13.0. The summed E-state index contributed by atoms with van der Waals surface area (Å²) in [5.41, 5.74) is 5.16. The number of nitrogens with zero attached hydrogens (tertiary/aromatic N) is 5. The van der Waals surface area contributed by atoms with Gasteiger partial charge in [-0.25, -0.2) is 0 Å². The quantitative estimate of drug-likeness (QED) is 0.246. The lowest BCUT2D eigenvalue weighted by Gasteiger charge is -2.31. The zero-order valence-electron chi connectivity index (χ0n) is 21.7. The van der Waals surface area contributed by atoms with Crippen LogP contribution in [0, 0.1) is 6.92 Å². The Bertz CT molecular complexity index is 1180. The first kappa shape index (κ1) is 25.7. The van der Waals surface area contributed by atoms with Crippen LogP contribution in [0.2, 0.25) is 0 Å². The third-order valence-electron chi connectivity index (χ3n) is 6.19. The van der Waals surface area contributed by atoms with Gasteiger partial charge in [0.15, 0.2) is 5.82 Å². The molecule has 0 spiro atoms. The number of benzene rings is 2. The Morgan fingerprint density at radius 1 is 0.842 bits per heavy atom. The van der Waals surface area contributed by atoms with E-state index < -0.39 is 0 Å². The largest absolute Gasteiger partial charge is 0.490 e. The lowest BCUT2D eigenvalue weighted by atomic mass is 10.2. The molecule has 0 bridgehead atoms. The Hall–Kier alpha value is -3.89. The molecule has 0 atom stereocenters. The fraction of sp³-hybridized carbons (Fsp3) is 0.393. The Labute approximate surface area is 223 Å². The third kappa shape index (κ3) is 7.33. The average Bonchev–Trinajstić information content (AvgIpc) is 2.96. The van der Waals surface area contributed by atoms with Crippen LogP contribution in [0.15, 0.2) is 59.7 Å². The number of aryl methyl sites for hydroxylation is 1. The highest BCUT2D eigenvalue weighted by Gasteiger charge is 2.19. The fourth-order valence-electron chi connectivity index (χ4n) is 4.22. The summed E-state index contributed by atoms with van der Waals surface area (Å²) in [7, 11) is 0. The van der Waals surface area contributed by atoms with E-state index in [0.29, 0.717) is 51.4 Å². The first-order chi connectivity index (χ1) is 18.7. The molecule has 2 saturated heterocycles. The smallest absolute Gasteiger partial charge is 0.229 e. The second kappa shape index (κ2) is 13.1. The molecule has 10 nitrogen and oxygen atoms in total. The molecular formula is C28H34N6O4. The molecule has 38 heavy (non-hydrogen) atoms. The molecular weight excluding hydrogens is 484 g/mol. The van der Waals surface area contributed by atoms with Crippen molar-refractivity contribution in [1.82, 2.24) is 9.97 Å². The highest BCUT2D eigenvalue weighted by molar-refractivity contribution is 5.80. The average molecular weight is 519 g/mol. The maximum atomic E-state index is 5.87. The van der Waals surface area contributed by atoms with Crippen molar-refractivity contribution in [3.63, 3.8) is 0 Å². The minimum absolute atomic E-state index is 0.447. The van der Waals surface area contributed by atoms with Crippen LogP contribution in [0.1, 0.15) is 11.1 Å². The summed E-state index contributed by atoms with van der Waals surface area (Å²) in [5, 5.41) is 4.44. The number of rotatable bonds is 10. The van der Waals surface area contributed by atoms with Gasteiger partial charge in [-0.2, -0.15) is 15.1 Å². The molecule has 0 saturated carbocycles. The van der Waals surface area contributed by atoms with Crippen molar-refractivity contribution < 1.29 is 18.9 Å². The van der Waals surface area contributed by atoms with E-state index in [0.717, 1.165) is 49.1 Å².